The normalized spacial score (nSPS) is 16.9. The van der Waals surface area contributed by atoms with E-state index in [0.29, 0.717) is 24.2 Å². The first-order valence-electron chi connectivity index (χ1n) is 6.03. The van der Waals surface area contributed by atoms with Gasteiger partial charge in [0.05, 0.1) is 0 Å². The van der Waals surface area contributed by atoms with Crippen LogP contribution in [0.3, 0.4) is 0 Å². The van der Waals surface area contributed by atoms with Crippen LogP contribution in [-0.2, 0) is 10.3 Å². The number of carbonyl (C=O) groups is 1. The molecule has 1 aliphatic carbocycles. The summed E-state index contributed by atoms with van der Waals surface area (Å²) >= 11 is 0. The van der Waals surface area contributed by atoms with E-state index in [1.165, 1.54) is 18.5 Å². The number of hydrogen-bond acceptors (Lipinski definition) is 3. The van der Waals surface area contributed by atoms with Crippen LogP contribution in [0.25, 0.3) is 11.4 Å². The average molecular weight is 261 g/mol. The molecule has 0 aliphatic heterocycles. The summed E-state index contributed by atoms with van der Waals surface area (Å²) in [6.07, 6.45) is 3.43. The molecule has 0 atom stereocenters. The second-order valence-electron chi connectivity index (χ2n) is 4.72. The van der Waals surface area contributed by atoms with E-state index in [4.69, 9.17) is 0 Å². The highest BCUT2D eigenvalue weighted by Crippen LogP contribution is 2.41. The molecule has 0 unspecified atom stereocenters. The van der Waals surface area contributed by atoms with E-state index >= 15 is 0 Å². The lowest BCUT2D eigenvalue weighted by Crippen LogP contribution is -2.47. The van der Waals surface area contributed by atoms with Crippen molar-refractivity contribution < 1.29 is 14.3 Å². The molecular weight excluding hydrogens is 249 g/mol. The van der Waals surface area contributed by atoms with Gasteiger partial charge in [0.15, 0.2) is 5.82 Å². The highest BCUT2D eigenvalue weighted by Gasteiger charge is 2.47. The van der Waals surface area contributed by atoms with Crippen LogP contribution in [0.1, 0.15) is 19.3 Å². The second-order valence-corrected chi connectivity index (χ2v) is 4.72. The fourth-order valence-corrected chi connectivity index (χ4v) is 2.41. The number of halogens is 1. The van der Waals surface area contributed by atoms with Crippen LogP contribution < -0.4 is 0 Å². The Balaban J connectivity index is 2.08. The van der Waals surface area contributed by atoms with Crippen molar-refractivity contribution in [3.05, 3.63) is 36.4 Å². The molecule has 0 amide bonds. The van der Waals surface area contributed by atoms with Crippen molar-refractivity contribution in [1.29, 1.82) is 0 Å². The van der Waals surface area contributed by atoms with Crippen LogP contribution in [-0.4, -0.2) is 25.8 Å². The van der Waals surface area contributed by atoms with E-state index < -0.39 is 11.5 Å². The highest BCUT2D eigenvalue weighted by molar-refractivity contribution is 5.79. The van der Waals surface area contributed by atoms with Crippen molar-refractivity contribution in [3.63, 3.8) is 0 Å². The van der Waals surface area contributed by atoms with Gasteiger partial charge in [-0.3, -0.25) is 4.57 Å². The minimum Gasteiger partial charge on any atom is -0.479 e. The molecule has 0 spiro atoms. The molecule has 1 aromatic heterocycles. The number of nitrogens with zero attached hydrogens (tertiary/aromatic N) is 3. The Kier molecular flexibility index (Phi) is 2.58. The van der Waals surface area contributed by atoms with E-state index in [1.54, 1.807) is 16.7 Å². The van der Waals surface area contributed by atoms with Crippen molar-refractivity contribution in [2.45, 2.75) is 24.8 Å². The maximum absolute atomic E-state index is 12.9. The van der Waals surface area contributed by atoms with Gasteiger partial charge in [-0.2, -0.15) is 0 Å². The summed E-state index contributed by atoms with van der Waals surface area (Å²) in [7, 11) is 0. The number of hydrogen-bond donors (Lipinski definition) is 1. The Morgan fingerprint density at radius 1 is 1.32 bits per heavy atom. The molecule has 2 aromatic rings. The van der Waals surface area contributed by atoms with Gasteiger partial charge in [-0.1, -0.05) is 0 Å². The predicted octanol–water partition coefficient (Wildman–Crippen LogP) is 2.05. The van der Waals surface area contributed by atoms with Gasteiger partial charge in [0.2, 0.25) is 0 Å². The maximum atomic E-state index is 12.9. The van der Waals surface area contributed by atoms with Crippen LogP contribution in [0, 0.1) is 5.82 Å². The molecule has 1 aromatic carbocycles. The first-order valence-corrected chi connectivity index (χ1v) is 6.03. The van der Waals surface area contributed by atoms with Gasteiger partial charge < -0.3 is 5.11 Å². The van der Waals surface area contributed by atoms with E-state index in [2.05, 4.69) is 10.2 Å². The SMILES string of the molecule is O=C(O)C1(n2cnnc2-c2ccc(F)cc2)CCC1. The zero-order valence-corrected chi connectivity index (χ0v) is 10.1. The Hall–Kier alpha value is -2.24. The van der Waals surface area contributed by atoms with E-state index in [0.717, 1.165) is 6.42 Å². The maximum Gasteiger partial charge on any atom is 0.329 e. The van der Waals surface area contributed by atoms with Crippen molar-refractivity contribution in [2.75, 3.05) is 0 Å². The summed E-state index contributed by atoms with van der Waals surface area (Å²) in [6, 6.07) is 5.79. The van der Waals surface area contributed by atoms with Gasteiger partial charge in [-0.05, 0) is 43.5 Å². The van der Waals surface area contributed by atoms with Crippen molar-refractivity contribution in [3.8, 4) is 11.4 Å². The molecule has 3 rings (SSSR count). The summed E-state index contributed by atoms with van der Waals surface area (Å²) in [5.74, 6) is -0.754. The fraction of sp³-hybridized carbons (Fsp3) is 0.308. The van der Waals surface area contributed by atoms with Gasteiger partial charge in [0.25, 0.3) is 0 Å². The third-order valence-electron chi connectivity index (χ3n) is 3.69. The Morgan fingerprint density at radius 2 is 2.00 bits per heavy atom. The molecule has 98 valence electrons. The molecule has 0 saturated heterocycles. The number of aliphatic carboxylic acids is 1. The number of benzene rings is 1. The van der Waals surface area contributed by atoms with Crippen LogP contribution in [0.5, 0.6) is 0 Å². The third-order valence-corrected chi connectivity index (χ3v) is 3.69. The molecular formula is C13H12FN3O2. The van der Waals surface area contributed by atoms with Gasteiger partial charge in [0, 0.05) is 5.56 Å². The van der Waals surface area contributed by atoms with Gasteiger partial charge in [-0.15, -0.1) is 10.2 Å². The van der Waals surface area contributed by atoms with E-state index in [-0.39, 0.29) is 5.82 Å². The smallest absolute Gasteiger partial charge is 0.329 e. The summed E-state index contributed by atoms with van der Waals surface area (Å²) in [5, 5.41) is 17.2. The lowest BCUT2D eigenvalue weighted by Gasteiger charge is -2.39. The quantitative estimate of drug-likeness (QED) is 0.918. The molecule has 1 heterocycles. The lowest BCUT2D eigenvalue weighted by atomic mass is 9.76. The first-order chi connectivity index (χ1) is 9.13. The minimum atomic E-state index is -0.951. The topological polar surface area (TPSA) is 68.0 Å². The summed E-state index contributed by atoms with van der Waals surface area (Å²) in [4.78, 5) is 11.5. The predicted molar refractivity (Wildman–Crippen MR) is 64.9 cm³/mol. The standard InChI is InChI=1S/C13H12FN3O2/c14-10-4-2-9(3-5-10)11-16-15-8-17(11)13(12(18)19)6-1-7-13/h2-5,8H,1,6-7H2,(H,18,19). The van der Waals surface area contributed by atoms with Crippen LogP contribution in [0.15, 0.2) is 30.6 Å². The number of carboxylic acids is 1. The average Bonchev–Trinajstić information content (AvgIpc) is 2.77. The molecule has 1 aliphatic rings. The zero-order chi connectivity index (χ0) is 13.5. The number of carboxylic acid groups (broad SMARTS) is 1. The Morgan fingerprint density at radius 3 is 2.53 bits per heavy atom. The fourth-order valence-electron chi connectivity index (χ4n) is 2.41. The number of rotatable bonds is 3. The summed E-state index contributed by atoms with van der Waals surface area (Å²) in [6.45, 7) is 0. The Labute approximate surface area is 108 Å². The van der Waals surface area contributed by atoms with Crippen molar-refractivity contribution >= 4 is 5.97 Å². The minimum absolute atomic E-state index is 0.341. The molecule has 1 saturated carbocycles. The second kappa shape index (κ2) is 4.15. The van der Waals surface area contributed by atoms with Crippen LogP contribution in [0.2, 0.25) is 0 Å². The van der Waals surface area contributed by atoms with Crippen LogP contribution >= 0.6 is 0 Å². The van der Waals surface area contributed by atoms with E-state index in [9.17, 15) is 14.3 Å². The third kappa shape index (κ3) is 1.71. The molecule has 0 bridgehead atoms. The Bertz CT molecular complexity index is 617. The van der Waals surface area contributed by atoms with Crippen molar-refractivity contribution in [1.82, 2.24) is 14.8 Å². The van der Waals surface area contributed by atoms with Gasteiger partial charge in [-0.25, -0.2) is 9.18 Å². The summed E-state index contributed by atoms with van der Waals surface area (Å²) in [5.41, 5.74) is -0.292. The molecule has 1 N–H and O–H groups in total. The summed E-state index contributed by atoms with van der Waals surface area (Å²) < 4.78 is 14.5. The molecule has 1 fully saturated rings. The monoisotopic (exact) mass is 261 g/mol. The van der Waals surface area contributed by atoms with Gasteiger partial charge in [0.1, 0.15) is 17.7 Å². The van der Waals surface area contributed by atoms with E-state index in [1.807, 2.05) is 0 Å². The molecule has 0 radical (unpaired) electrons. The number of aromatic nitrogens is 3. The molecule has 6 heteroatoms. The zero-order valence-electron chi connectivity index (χ0n) is 10.1. The van der Waals surface area contributed by atoms with Crippen molar-refractivity contribution in [2.24, 2.45) is 0 Å². The lowest BCUT2D eigenvalue weighted by molar-refractivity contribution is -0.152. The highest BCUT2D eigenvalue weighted by atomic mass is 19.1. The van der Waals surface area contributed by atoms with Gasteiger partial charge >= 0.3 is 5.97 Å². The molecule has 19 heavy (non-hydrogen) atoms. The first kappa shape index (κ1) is 11.8. The van der Waals surface area contributed by atoms with Crippen LogP contribution in [0.4, 0.5) is 4.39 Å². The largest absolute Gasteiger partial charge is 0.479 e. The molecule has 5 nitrogen and oxygen atoms in total.